The SMILES string of the molecule is C=Cc1cccnc1CCS(C)(=O)=O. The fourth-order valence-corrected chi connectivity index (χ4v) is 1.69. The molecule has 0 saturated carbocycles. The van der Waals surface area contributed by atoms with Gasteiger partial charge in [0.1, 0.15) is 9.84 Å². The van der Waals surface area contributed by atoms with Crippen molar-refractivity contribution in [2.45, 2.75) is 6.42 Å². The Bertz CT molecular complexity index is 424. The van der Waals surface area contributed by atoms with Crippen molar-refractivity contribution in [2.24, 2.45) is 0 Å². The van der Waals surface area contributed by atoms with Crippen LogP contribution >= 0.6 is 0 Å². The second-order valence-corrected chi connectivity index (χ2v) is 5.38. The Kier molecular flexibility index (Phi) is 3.41. The van der Waals surface area contributed by atoms with Crippen molar-refractivity contribution in [1.29, 1.82) is 0 Å². The van der Waals surface area contributed by atoms with Crippen LogP contribution in [-0.4, -0.2) is 25.4 Å². The number of aryl methyl sites for hydroxylation is 1. The van der Waals surface area contributed by atoms with Crippen molar-refractivity contribution in [3.05, 3.63) is 36.2 Å². The van der Waals surface area contributed by atoms with Crippen molar-refractivity contribution in [2.75, 3.05) is 12.0 Å². The van der Waals surface area contributed by atoms with Gasteiger partial charge in [-0.3, -0.25) is 4.98 Å². The highest BCUT2D eigenvalue weighted by molar-refractivity contribution is 7.90. The number of hydrogen-bond acceptors (Lipinski definition) is 3. The first-order valence-corrected chi connectivity index (χ1v) is 6.33. The van der Waals surface area contributed by atoms with Crippen molar-refractivity contribution in [1.82, 2.24) is 4.98 Å². The molecule has 0 atom stereocenters. The number of nitrogens with zero attached hydrogens (tertiary/aromatic N) is 1. The second kappa shape index (κ2) is 4.37. The zero-order valence-corrected chi connectivity index (χ0v) is 8.92. The van der Waals surface area contributed by atoms with Gasteiger partial charge in [-0.25, -0.2) is 8.42 Å². The fraction of sp³-hybridized carbons (Fsp3) is 0.300. The minimum atomic E-state index is -2.92. The van der Waals surface area contributed by atoms with Gasteiger partial charge in [0.15, 0.2) is 0 Å². The maximum absolute atomic E-state index is 11.0. The van der Waals surface area contributed by atoms with E-state index in [1.165, 1.54) is 6.26 Å². The molecule has 3 nitrogen and oxygen atoms in total. The fourth-order valence-electron chi connectivity index (χ4n) is 1.13. The van der Waals surface area contributed by atoms with E-state index in [1.807, 2.05) is 6.07 Å². The molecule has 0 bridgehead atoms. The second-order valence-electron chi connectivity index (χ2n) is 3.12. The molecule has 1 heterocycles. The van der Waals surface area contributed by atoms with E-state index < -0.39 is 9.84 Å². The molecule has 1 aromatic rings. The van der Waals surface area contributed by atoms with Crippen LogP contribution in [0.2, 0.25) is 0 Å². The lowest BCUT2D eigenvalue weighted by molar-refractivity contribution is 0.601. The first-order valence-electron chi connectivity index (χ1n) is 4.27. The number of rotatable bonds is 4. The number of sulfone groups is 1. The van der Waals surface area contributed by atoms with Crippen LogP contribution in [0.15, 0.2) is 24.9 Å². The van der Waals surface area contributed by atoms with Crippen LogP contribution in [0.5, 0.6) is 0 Å². The summed E-state index contributed by atoms with van der Waals surface area (Å²) in [6.07, 6.45) is 5.01. The van der Waals surface area contributed by atoms with Crippen LogP contribution in [0, 0.1) is 0 Å². The molecule has 0 aromatic carbocycles. The van der Waals surface area contributed by atoms with E-state index >= 15 is 0 Å². The molecular formula is C10H13NO2S. The molecule has 0 unspecified atom stereocenters. The van der Waals surface area contributed by atoms with Crippen LogP contribution in [0.1, 0.15) is 11.3 Å². The maximum atomic E-state index is 11.0. The quantitative estimate of drug-likeness (QED) is 0.754. The summed E-state index contributed by atoms with van der Waals surface area (Å²) in [6.45, 7) is 3.65. The molecule has 14 heavy (non-hydrogen) atoms. The van der Waals surface area contributed by atoms with E-state index in [-0.39, 0.29) is 5.75 Å². The third-order valence-electron chi connectivity index (χ3n) is 1.86. The van der Waals surface area contributed by atoms with Gasteiger partial charge in [0.25, 0.3) is 0 Å². The van der Waals surface area contributed by atoms with Gasteiger partial charge in [-0.05, 0) is 11.6 Å². The predicted molar refractivity (Wildman–Crippen MR) is 57.7 cm³/mol. The Labute approximate surface area is 84.4 Å². The smallest absolute Gasteiger partial charge is 0.147 e. The topological polar surface area (TPSA) is 47.0 Å². The number of aromatic nitrogens is 1. The molecule has 76 valence electrons. The van der Waals surface area contributed by atoms with E-state index in [1.54, 1.807) is 18.3 Å². The molecule has 1 rings (SSSR count). The maximum Gasteiger partial charge on any atom is 0.147 e. The average Bonchev–Trinajstić information content (AvgIpc) is 2.14. The van der Waals surface area contributed by atoms with Crippen LogP contribution in [0.3, 0.4) is 0 Å². The summed E-state index contributed by atoms with van der Waals surface area (Å²) in [5.74, 6) is 0.130. The van der Waals surface area contributed by atoms with Gasteiger partial charge in [0.05, 0.1) is 5.75 Å². The van der Waals surface area contributed by atoms with Crippen molar-refractivity contribution >= 4 is 15.9 Å². The summed E-state index contributed by atoms with van der Waals surface area (Å²) in [7, 11) is -2.92. The molecule has 0 aliphatic rings. The highest BCUT2D eigenvalue weighted by Crippen LogP contribution is 2.08. The molecule has 0 aliphatic carbocycles. The lowest BCUT2D eigenvalue weighted by Gasteiger charge is -2.02. The molecule has 0 saturated heterocycles. The van der Waals surface area contributed by atoms with Crippen LogP contribution in [0.4, 0.5) is 0 Å². The third-order valence-corrected chi connectivity index (χ3v) is 2.80. The van der Waals surface area contributed by atoms with E-state index in [0.29, 0.717) is 6.42 Å². The van der Waals surface area contributed by atoms with E-state index in [0.717, 1.165) is 11.3 Å². The van der Waals surface area contributed by atoms with Crippen molar-refractivity contribution in [3.63, 3.8) is 0 Å². The highest BCUT2D eigenvalue weighted by atomic mass is 32.2. The normalized spacial score (nSPS) is 11.2. The van der Waals surface area contributed by atoms with Gasteiger partial charge >= 0.3 is 0 Å². The predicted octanol–water partition coefficient (Wildman–Crippen LogP) is 1.31. The van der Waals surface area contributed by atoms with Crippen molar-refractivity contribution < 1.29 is 8.42 Å². The van der Waals surface area contributed by atoms with Gasteiger partial charge < -0.3 is 0 Å². The third kappa shape index (κ3) is 3.30. The Balaban J connectivity index is 2.81. The molecule has 0 aliphatic heterocycles. The first-order chi connectivity index (χ1) is 6.53. The van der Waals surface area contributed by atoms with Gasteiger partial charge in [-0.1, -0.05) is 18.7 Å². The summed E-state index contributed by atoms with van der Waals surface area (Å²) in [4.78, 5) is 4.12. The lowest BCUT2D eigenvalue weighted by Crippen LogP contribution is -2.07. The standard InChI is InChI=1S/C10H13NO2S/c1-3-9-5-4-7-11-10(9)6-8-14(2,12)13/h3-5,7H,1,6,8H2,2H3. The van der Waals surface area contributed by atoms with Gasteiger partial charge in [0.2, 0.25) is 0 Å². The molecule has 0 fully saturated rings. The summed E-state index contributed by atoms with van der Waals surface area (Å²) >= 11 is 0. The van der Waals surface area contributed by atoms with Gasteiger partial charge in [-0.2, -0.15) is 0 Å². The number of pyridine rings is 1. The zero-order valence-electron chi connectivity index (χ0n) is 8.10. The first kappa shape index (κ1) is 10.9. The number of hydrogen-bond donors (Lipinski definition) is 0. The molecule has 0 spiro atoms. The largest absolute Gasteiger partial charge is 0.261 e. The van der Waals surface area contributed by atoms with Gasteiger partial charge in [0, 0.05) is 24.6 Å². The minimum absolute atomic E-state index is 0.130. The summed E-state index contributed by atoms with van der Waals surface area (Å²) < 4.78 is 21.9. The van der Waals surface area contributed by atoms with E-state index in [9.17, 15) is 8.42 Å². The lowest BCUT2D eigenvalue weighted by atomic mass is 10.1. The molecule has 4 heteroatoms. The summed E-state index contributed by atoms with van der Waals surface area (Å²) in [5.41, 5.74) is 1.68. The van der Waals surface area contributed by atoms with Gasteiger partial charge in [-0.15, -0.1) is 0 Å². The van der Waals surface area contributed by atoms with Crippen LogP contribution in [0.25, 0.3) is 6.08 Å². The molecule has 1 aromatic heterocycles. The molecule has 0 radical (unpaired) electrons. The minimum Gasteiger partial charge on any atom is -0.261 e. The molecule has 0 N–H and O–H groups in total. The monoisotopic (exact) mass is 211 g/mol. The van der Waals surface area contributed by atoms with Crippen molar-refractivity contribution in [3.8, 4) is 0 Å². The Morgan fingerprint density at radius 3 is 2.86 bits per heavy atom. The Morgan fingerprint density at radius 2 is 2.29 bits per heavy atom. The zero-order chi connectivity index (χ0) is 10.6. The molecule has 0 amide bonds. The summed E-state index contributed by atoms with van der Waals surface area (Å²) in [5, 5.41) is 0. The Morgan fingerprint density at radius 1 is 1.57 bits per heavy atom. The Hall–Kier alpha value is -1.16. The summed E-state index contributed by atoms with van der Waals surface area (Å²) in [6, 6.07) is 3.68. The molecular weight excluding hydrogens is 198 g/mol. The highest BCUT2D eigenvalue weighted by Gasteiger charge is 2.05. The average molecular weight is 211 g/mol. The van der Waals surface area contributed by atoms with E-state index in [2.05, 4.69) is 11.6 Å². The van der Waals surface area contributed by atoms with E-state index in [4.69, 9.17) is 0 Å². The van der Waals surface area contributed by atoms with Crippen LogP contribution in [-0.2, 0) is 16.3 Å². The van der Waals surface area contributed by atoms with Crippen LogP contribution < -0.4 is 0 Å².